The molecule has 6 heteroatoms. The Morgan fingerprint density at radius 3 is 1.76 bits per heavy atom. The highest BCUT2D eigenvalue weighted by molar-refractivity contribution is 7.20. The molecule has 14 rings (SSSR count). The molecule has 4 heterocycles. The lowest BCUT2D eigenvalue weighted by Gasteiger charge is -2.36. The number of nitrogens with zero attached hydrogens (tertiary/aromatic N) is 4. The molecule has 0 spiro atoms. The molecule has 5 nitrogen and oxygen atoms in total. The molecule has 1 aliphatic rings. The largest absolute Gasteiger partial charge is 0.458 e. The monoisotopic (exact) mass is 1020 g/mol. The molecule has 0 aliphatic carbocycles. The first-order valence-electron chi connectivity index (χ1n) is 29.3. The third-order valence-electron chi connectivity index (χ3n) is 15.3. The molecular weight excluding hydrogens is 965 g/mol. The molecule has 10 aromatic carbocycles. The second-order valence-electron chi connectivity index (χ2n) is 20.9. The summed E-state index contributed by atoms with van der Waals surface area (Å²) in [6.07, 6.45) is 5.65. The fourth-order valence-corrected chi connectivity index (χ4v) is 16.5. The van der Waals surface area contributed by atoms with Crippen LogP contribution in [0.3, 0.4) is 0 Å². The molecule has 0 saturated heterocycles. The third-order valence-corrected chi connectivity index (χ3v) is 20.0. The first-order chi connectivity index (χ1) is 40.8. The van der Waals surface area contributed by atoms with E-state index in [0.29, 0.717) is 34.1 Å². The van der Waals surface area contributed by atoms with Crippen LogP contribution in [0.15, 0.2) is 273 Å². The summed E-state index contributed by atoms with van der Waals surface area (Å²) in [5.74, 6) is 1.96. The number of ether oxygens (including phenoxy) is 1. The van der Waals surface area contributed by atoms with Gasteiger partial charge in [0.15, 0.2) is 8.07 Å². The lowest BCUT2D eigenvalue weighted by Crippen LogP contribution is -2.74. The van der Waals surface area contributed by atoms with Gasteiger partial charge in [-0.05, 0) is 119 Å². The molecule has 0 atom stereocenters. The molecule has 0 saturated carbocycles. The van der Waals surface area contributed by atoms with Crippen LogP contribution in [-0.2, 0) is 5.41 Å². The maximum Gasteiger partial charge on any atom is 0.269 e. The summed E-state index contributed by atoms with van der Waals surface area (Å²) in [5.41, 5.74) is 9.27. The van der Waals surface area contributed by atoms with E-state index in [1.54, 1.807) is 4.57 Å². The minimum absolute atomic E-state index is 0.0396. The summed E-state index contributed by atoms with van der Waals surface area (Å²) in [6.45, 7) is 6.61. The minimum atomic E-state index is -3.39. The van der Waals surface area contributed by atoms with Gasteiger partial charge in [0.1, 0.15) is 17.3 Å². The zero-order valence-corrected chi connectivity index (χ0v) is 44.2. The second-order valence-corrected chi connectivity index (χ2v) is 24.7. The van der Waals surface area contributed by atoms with E-state index in [4.69, 9.17) is 11.1 Å². The summed E-state index contributed by atoms with van der Waals surface area (Å²) in [4.78, 5) is 4.89. The average Bonchev–Trinajstić information content (AvgIpc) is 2.11. The van der Waals surface area contributed by atoms with E-state index >= 15 is 0 Å². The smallest absolute Gasteiger partial charge is 0.269 e. The quantitative estimate of drug-likeness (QED) is 0.0625. The third kappa shape index (κ3) is 7.83. The van der Waals surface area contributed by atoms with Gasteiger partial charge >= 0.3 is 0 Å². The zero-order chi connectivity index (χ0) is 57.6. The van der Waals surface area contributed by atoms with E-state index in [2.05, 4.69) is 177 Å². The van der Waals surface area contributed by atoms with E-state index in [0.717, 1.165) is 76.2 Å². The molecule has 13 aromatic rings. The Morgan fingerprint density at radius 1 is 0.500 bits per heavy atom. The highest BCUT2D eigenvalue weighted by Crippen LogP contribution is 2.44. The summed E-state index contributed by atoms with van der Waals surface area (Å²) in [6, 6.07) is 76.5. The van der Waals surface area contributed by atoms with Crippen LogP contribution in [0.25, 0.3) is 83.6 Å². The fraction of sp³-hybridized carbons (Fsp3) is 0.0556. The van der Waals surface area contributed by atoms with Crippen LogP contribution in [0.2, 0.25) is 0 Å². The molecule has 0 fully saturated rings. The Kier molecular flexibility index (Phi) is 9.84. The summed E-state index contributed by atoms with van der Waals surface area (Å²) >= 11 is 0. The van der Waals surface area contributed by atoms with Crippen LogP contribution in [0.1, 0.15) is 34.6 Å². The topological polar surface area (TPSA) is 35.9 Å². The number of hydrogen-bond acceptors (Lipinski definition) is 2. The van der Waals surface area contributed by atoms with E-state index in [-0.39, 0.29) is 29.2 Å². The van der Waals surface area contributed by atoms with Crippen LogP contribution in [0.5, 0.6) is 11.5 Å². The maximum absolute atomic E-state index is 10.4. The zero-order valence-electron chi connectivity index (χ0n) is 49.2. The van der Waals surface area contributed by atoms with Crippen molar-refractivity contribution in [1.82, 2.24) is 14.1 Å². The molecule has 0 bridgehead atoms. The van der Waals surface area contributed by atoms with Crippen LogP contribution in [0.4, 0.5) is 0 Å². The lowest BCUT2D eigenvalue weighted by molar-refractivity contribution is -0.586. The minimum Gasteiger partial charge on any atom is -0.458 e. The molecule has 78 heavy (non-hydrogen) atoms. The highest BCUT2D eigenvalue weighted by Gasteiger charge is 2.43. The molecule has 0 N–H and O–H groups in total. The standard InChI is InChI=1S/C72H54N4OSi/c1-72(2,3)51-41-42-73-70(43-51)76-67-38-21-20-37-63(67)64-40-39-54(45-68(64)76)77-53-26-22-25-52(44-53)74-48-69-62-36-19-18-34-60(62)59-33-16-17-35-61(59)66-47-58(46-65(71(66)75(69)49-74)50-23-8-4-9-24-50)78(55-27-10-5-11-28-55,56-29-12-6-13-30-56)57-31-14-7-15-32-57/h4-48H,1-3H3/i4D,8D,9D,23D,24D,48D. The van der Waals surface area contributed by atoms with Crippen molar-refractivity contribution >= 4 is 50.6 Å². The van der Waals surface area contributed by atoms with Crippen molar-refractivity contribution in [2.75, 3.05) is 0 Å². The number of imidazole rings is 1. The van der Waals surface area contributed by atoms with Crippen LogP contribution >= 0.6 is 0 Å². The van der Waals surface area contributed by atoms with E-state index in [1.807, 2.05) is 95.7 Å². The highest BCUT2D eigenvalue weighted by atomic mass is 28.3. The van der Waals surface area contributed by atoms with E-state index in [9.17, 15) is 6.85 Å². The predicted molar refractivity (Wildman–Crippen MR) is 322 cm³/mol. The van der Waals surface area contributed by atoms with Gasteiger partial charge in [-0.3, -0.25) is 13.7 Å². The molecular formula is C72H54N4OSi. The Morgan fingerprint density at radius 2 is 1.08 bits per heavy atom. The van der Waals surface area contributed by atoms with Gasteiger partial charge in [0.05, 0.1) is 36.3 Å². The van der Waals surface area contributed by atoms with Gasteiger partial charge in [0, 0.05) is 29.2 Å². The lowest BCUT2D eigenvalue weighted by atomic mass is 9.86. The van der Waals surface area contributed by atoms with Gasteiger partial charge in [-0.15, -0.1) is 0 Å². The van der Waals surface area contributed by atoms with Crippen molar-refractivity contribution in [2.24, 2.45) is 0 Å². The number of pyridine rings is 1. The van der Waals surface area contributed by atoms with Crippen molar-refractivity contribution in [3.63, 3.8) is 0 Å². The maximum atomic E-state index is 10.4. The Labute approximate surface area is 464 Å². The van der Waals surface area contributed by atoms with Gasteiger partial charge in [-0.25, -0.2) is 4.98 Å². The van der Waals surface area contributed by atoms with Crippen molar-refractivity contribution in [3.8, 4) is 73.3 Å². The van der Waals surface area contributed by atoms with Crippen molar-refractivity contribution in [2.45, 2.75) is 26.2 Å². The number of aromatic nitrogens is 4. The summed E-state index contributed by atoms with van der Waals surface area (Å²) in [5, 5.41) is 6.41. The number of hydrogen-bond donors (Lipinski definition) is 0. The van der Waals surface area contributed by atoms with Gasteiger partial charge in [-0.1, -0.05) is 227 Å². The number of benzene rings is 10. The first kappa shape index (κ1) is 40.7. The normalized spacial score (nSPS) is 13.1. The molecule has 372 valence electrons. The van der Waals surface area contributed by atoms with Crippen molar-refractivity contribution in [3.05, 3.63) is 285 Å². The molecule has 0 unspecified atom stereocenters. The summed E-state index contributed by atoms with van der Waals surface area (Å²) in [7, 11) is -3.39. The molecule has 0 radical (unpaired) electrons. The van der Waals surface area contributed by atoms with Crippen molar-refractivity contribution < 1.29 is 17.5 Å². The molecule has 3 aromatic heterocycles. The summed E-state index contributed by atoms with van der Waals surface area (Å²) < 4.78 is 69.7. The van der Waals surface area contributed by atoms with Gasteiger partial charge in [0.25, 0.3) is 6.33 Å². The van der Waals surface area contributed by atoms with E-state index < -0.39 is 26.2 Å². The number of para-hydroxylation sites is 1. The fourth-order valence-electron chi connectivity index (χ4n) is 11.7. The van der Waals surface area contributed by atoms with Crippen LogP contribution < -0.4 is 30.1 Å². The number of fused-ring (bicyclic) bond motifs is 11. The Balaban J connectivity index is 1.02. The van der Waals surface area contributed by atoms with Gasteiger partial charge < -0.3 is 4.74 Å². The van der Waals surface area contributed by atoms with E-state index in [1.165, 1.54) is 5.56 Å². The number of rotatable bonds is 9. The SMILES string of the molecule is [2H]c1c([2H])c([2H])c(-c2cc([Si](c3ccccc3)(c3ccccc3)c3ccccc3)cc3c2-[n+]2[c-]n(-c4cccc(Oc5ccc6c7ccccc7n(-c7cc(C(C)(C)C)ccn7)c6c5)c4)c([2H])c2-c2ccccc2-c2ccccc2-3)c([2H])c1[2H]. The first-order valence-corrected chi connectivity index (χ1v) is 28.3. The van der Waals surface area contributed by atoms with Gasteiger partial charge in [0.2, 0.25) is 0 Å². The van der Waals surface area contributed by atoms with Crippen LogP contribution in [0, 0.1) is 6.33 Å². The molecule has 1 aliphatic heterocycles. The predicted octanol–water partition coefficient (Wildman–Crippen LogP) is 14.5. The second kappa shape index (κ2) is 18.9. The van der Waals surface area contributed by atoms with Crippen molar-refractivity contribution in [1.29, 1.82) is 0 Å². The Bertz CT molecular complexity index is 4640. The van der Waals surface area contributed by atoms with Gasteiger partial charge in [-0.2, -0.15) is 0 Å². The Hall–Kier alpha value is -9.62. The average molecular weight is 1030 g/mol. The van der Waals surface area contributed by atoms with Crippen LogP contribution in [-0.4, -0.2) is 22.2 Å². The molecule has 0 amide bonds.